The van der Waals surface area contributed by atoms with Gasteiger partial charge in [0, 0.05) is 28.9 Å². The van der Waals surface area contributed by atoms with Crippen LogP contribution in [0.4, 0.5) is 8.78 Å². The molecule has 4 aromatic rings. The molecule has 1 aromatic carbocycles. The van der Waals surface area contributed by atoms with Crippen molar-refractivity contribution in [1.82, 2.24) is 24.3 Å². The van der Waals surface area contributed by atoms with E-state index in [2.05, 4.69) is 15.3 Å². The third-order valence-electron chi connectivity index (χ3n) is 6.92. The summed E-state index contributed by atoms with van der Waals surface area (Å²) >= 11 is 6.62. The Hall–Kier alpha value is -3.34. The molecular formula is C26H24ClF2N5O3. The van der Waals surface area contributed by atoms with Gasteiger partial charge in [0.1, 0.15) is 28.0 Å². The zero-order chi connectivity index (χ0) is 25.7. The molecule has 2 fully saturated rings. The first kappa shape index (κ1) is 24.0. The minimum atomic E-state index is -0.611. The second kappa shape index (κ2) is 9.51. The Morgan fingerprint density at radius 3 is 2.76 bits per heavy atom. The summed E-state index contributed by atoms with van der Waals surface area (Å²) in [5.74, 6) is -1.44. The van der Waals surface area contributed by atoms with E-state index in [4.69, 9.17) is 16.3 Å². The predicted molar refractivity (Wildman–Crippen MR) is 132 cm³/mol. The van der Waals surface area contributed by atoms with Crippen molar-refractivity contribution in [3.8, 4) is 22.5 Å². The molecule has 2 aliphatic rings. The monoisotopic (exact) mass is 527 g/mol. The molecular weight excluding hydrogens is 504 g/mol. The summed E-state index contributed by atoms with van der Waals surface area (Å²) in [7, 11) is 0. The minimum Gasteiger partial charge on any atom is -0.394 e. The molecule has 2 atom stereocenters. The van der Waals surface area contributed by atoms with E-state index in [-0.39, 0.29) is 58.4 Å². The van der Waals surface area contributed by atoms with E-state index in [1.165, 1.54) is 23.0 Å². The number of aliphatic hydroxyl groups excluding tert-OH is 1. The van der Waals surface area contributed by atoms with Crippen molar-refractivity contribution in [3.63, 3.8) is 0 Å². The van der Waals surface area contributed by atoms with Crippen LogP contribution in [-0.2, 0) is 4.74 Å². The van der Waals surface area contributed by atoms with Gasteiger partial charge in [-0.1, -0.05) is 23.7 Å². The van der Waals surface area contributed by atoms with Crippen molar-refractivity contribution in [1.29, 1.82) is 0 Å². The van der Waals surface area contributed by atoms with Gasteiger partial charge in [0.25, 0.3) is 5.91 Å². The number of imidazole rings is 2. The lowest BCUT2D eigenvalue weighted by Crippen LogP contribution is -2.43. The summed E-state index contributed by atoms with van der Waals surface area (Å²) in [6.45, 7) is 0.279. The van der Waals surface area contributed by atoms with Crippen LogP contribution in [0.3, 0.4) is 0 Å². The fourth-order valence-corrected chi connectivity index (χ4v) is 5.02. The van der Waals surface area contributed by atoms with Gasteiger partial charge in [-0.25, -0.2) is 14.4 Å². The molecule has 192 valence electrons. The number of halogens is 3. The lowest BCUT2D eigenvalue weighted by atomic mass is 10.0. The van der Waals surface area contributed by atoms with Gasteiger partial charge in [-0.15, -0.1) is 0 Å². The Bertz CT molecular complexity index is 1490. The number of rotatable bonds is 6. The predicted octanol–water partition coefficient (Wildman–Crippen LogP) is 4.40. The van der Waals surface area contributed by atoms with Crippen LogP contribution >= 0.6 is 11.6 Å². The Morgan fingerprint density at radius 2 is 2.03 bits per heavy atom. The van der Waals surface area contributed by atoms with Gasteiger partial charge in [-0.05, 0) is 43.9 Å². The summed E-state index contributed by atoms with van der Waals surface area (Å²) < 4.78 is 38.9. The third-order valence-corrected chi connectivity index (χ3v) is 7.28. The molecule has 37 heavy (non-hydrogen) atoms. The van der Waals surface area contributed by atoms with Crippen LogP contribution in [-0.4, -0.2) is 55.3 Å². The number of pyridine rings is 1. The van der Waals surface area contributed by atoms with E-state index in [1.807, 2.05) is 0 Å². The summed E-state index contributed by atoms with van der Waals surface area (Å²) in [4.78, 5) is 21.6. The number of amides is 1. The maximum absolute atomic E-state index is 15.2. The van der Waals surface area contributed by atoms with Gasteiger partial charge in [0.2, 0.25) is 5.95 Å². The van der Waals surface area contributed by atoms with Gasteiger partial charge in [0.05, 0.1) is 31.7 Å². The lowest BCUT2D eigenvalue weighted by molar-refractivity contribution is -0.0305. The zero-order valence-electron chi connectivity index (χ0n) is 19.7. The number of aromatic nitrogens is 4. The van der Waals surface area contributed by atoms with E-state index < -0.39 is 11.8 Å². The average Bonchev–Trinajstić information content (AvgIpc) is 3.60. The van der Waals surface area contributed by atoms with Crippen LogP contribution < -0.4 is 5.32 Å². The Labute approximate surface area is 215 Å². The number of aliphatic hydroxyl groups is 1. The normalized spacial score (nSPS) is 19.9. The fraction of sp³-hybridized carbons (Fsp3) is 0.346. The van der Waals surface area contributed by atoms with Crippen LogP contribution in [0.2, 0.25) is 5.15 Å². The van der Waals surface area contributed by atoms with Crippen molar-refractivity contribution in [2.75, 3.05) is 13.2 Å². The second-order valence-corrected chi connectivity index (χ2v) is 9.82. The van der Waals surface area contributed by atoms with E-state index >= 15 is 8.78 Å². The molecule has 11 heteroatoms. The molecule has 6 rings (SSSR count). The van der Waals surface area contributed by atoms with Crippen LogP contribution in [0, 0.1) is 11.8 Å². The Kier molecular flexibility index (Phi) is 6.18. The Balaban J connectivity index is 1.33. The SMILES string of the molecule is O=C(N[C@@H]1CC[C@@H](CO)OC1)c1ccn2c(Cl)c(-c3c(F)cccc3-c3ncn(C4CC4)c3F)nc2c1. The van der Waals surface area contributed by atoms with Crippen molar-refractivity contribution in [2.24, 2.45) is 0 Å². The third kappa shape index (κ3) is 4.39. The number of nitrogens with one attached hydrogen (secondary N) is 1. The summed E-state index contributed by atoms with van der Waals surface area (Å²) in [5, 5.41) is 12.3. The van der Waals surface area contributed by atoms with Crippen molar-refractivity contribution in [2.45, 2.75) is 43.9 Å². The van der Waals surface area contributed by atoms with Gasteiger partial charge < -0.3 is 19.7 Å². The quantitative estimate of drug-likeness (QED) is 0.388. The number of benzene rings is 1. The number of fused-ring (bicyclic) bond motifs is 1. The zero-order valence-corrected chi connectivity index (χ0v) is 20.5. The van der Waals surface area contributed by atoms with E-state index in [9.17, 15) is 9.90 Å². The average molecular weight is 528 g/mol. The lowest BCUT2D eigenvalue weighted by Gasteiger charge is -2.28. The van der Waals surface area contributed by atoms with Gasteiger partial charge >= 0.3 is 0 Å². The molecule has 0 spiro atoms. The Morgan fingerprint density at radius 1 is 1.19 bits per heavy atom. The fourth-order valence-electron chi connectivity index (χ4n) is 4.74. The van der Waals surface area contributed by atoms with E-state index in [0.29, 0.717) is 30.7 Å². The highest BCUT2D eigenvalue weighted by atomic mass is 35.5. The summed E-state index contributed by atoms with van der Waals surface area (Å²) in [6, 6.07) is 7.42. The molecule has 4 heterocycles. The number of ether oxygens (including phenoxy) is 1. The highest BCUT2D eigenvalue weighted by molar-refractivity contribution is 6.32. The maximum atomic E-state index is 15.2. The number of nitrogens with zero attached hydrogens (tertiary/aromatic N) is 4. The van der Waals surface area contributed by atoms with Crippen molar-refractivity contribution in [3.05, 3.63) is 65.3 Å². The van der Waals surface area contributed by atoms with Crippen LogP contribution in [0.25, 0.3) is 28.2 Å². The molecule has 1 saturated carbocycles. The molecule has 1 aliphatic heterocycles. The molecule has 1 amide bonds. The molecule has 1 aliphatic carbocycles. The first-order valence-electron chi connectivity index (χ1n) is 12.2. The first-order chi connectivity index (χ1) is 17.9. The number of carbonyl (C=O) groups is 1. The number of hydrogen-bond donors (Lipinski definition) is 2. The maximum Gasteiger partial charge on any atom is 0.251 e. The standard InChI is InChI=1S/C26H24ClF2N5O3/c27-24-23(21-18(2-1-3-19(21)28)22-25(29)34(13-30-22)16-5-6-16)32-20-10-14(8-9-33(20)24)26(36)31-15-4-7-17(11-35)37-12-15/h1-3,8-10,13,15-17,35H,4-7,11-12H2,(H,31,36)/t15-,17+/m1/s1. The largest absolute Gasteiger partial charge is 0.394 e. The molecule has 3 aromatic heterocycles. The van der Waals surface area contributed by atoms with Crippen LogP contribution in [0.15, 0.2) is 42.9 Å². The smallest absolute Gasteiger partial charge is 0.251 e. The topological polar surface area (TPSA) is 93.7 Å². The first-order valence-corrected chi connectivity index (χ1v) is 12.5. The van der Waals surface area contributed by atoms with E-state index in [0.717, 1.165) is 12.8 Å². The van der Waals surface area contributed by atoms with Crippen LogP contribution in [0.1, 0.15) is 42.1 Å². The minimum absolute atomic E-state index is 0.0349. The van der Waals surface area contributed by atoms with Gasteiger partial charge in [0.15, 0.2) is 0 Å². The molecule has 0 bridgehead atoms. The molecule has 2 N–H and O–H groups in total. The molecule has 1 saturated heterocycles. The van der Waals surface area contributed by atoms with Crippen LogP contribution in [0.5, 0.6) is 0 Å². The summed E-state index contributed by atoms with van der Waals surface area (Å²) in [5.41, 5.74) is 1.15. The molecule has 0 unspecified atom stereocenters. The van der Waals surface area contributed by atoms with Crippen molar-refractivity contribution < 1.29 is 23.4 Å². The van der Waals surface area contributed by atoms with E-state index in [1.54, 1.807) is 28.8 Å². The second-order valence-electron chi connectivity index (χ2n) is 9.47. The highest BCUT2D eigenvalue weighted by Crippen LogP contribution is 2.41. The highest BCUT2D eigenvalue weighted by Gasteiger charge is 2.30. The molecule has 0 radical (unpaired) electrons. The number of hydrogen-bond acceptors (Lipinski definition) is 5. The van der Waals surface area contributed by atoms with Gasteiger partial charge in [-0.3, -0.25) is 9.20 Å². The molecule has 8 nitrogen and oxygen atoms in total. The number of carbonyl (C=O) groups excluding carboxylic acids is 1. The van der Waals surface area contributed by atoms with Crippen molar-refractivity contribution >= 4 is 23.2 Å². The van der Waals surface area contributed by atoms with Gasteiger partial charge in [-0.2, -0.15) is 4.39 Å². The summed E-state index contributed by atoms with van der Waals surface area (Å²) in [6.07, 6.45) is 5.95.